The van der Waals surface area contributed by atoms with Gasteiger partial charge in [0.15, 0.2) is 0 Å². The van der Waals surface area contributed by atoms with E-state index in [-0.39, 0.29) is 11.8 Å². The molecule has 21 heavy (non-hydrogen) atoms. The van der Waals surface area contributed by atoms with Gasteiger partial charge >= 0.3 is 0 Å². The molecule has 2 N–H and O–H groups in total. The molecule has 0 atom stereocenters. The number of carbonyl (C=O) groups is 2. The standard InChI is InChI=1S/C17H22N2O2/c1-12-6-8-17(11-18,9-7-12)19-15(20)10-13-4-2-3-5-14(13)16(19)21/h2-5,12H,6-11,18H2,1H3. The van der Waals surface area contributed by atoms with Gasteiger partial charge in [-0.15, -0.1) is 0 Å². The van der Waals surface area contributed by atoms with Crippen LogP contribution in [0.15, 0.2) is 24.3 Å². The highest BCUT2D eigenvalue weighted by molar-refractivity contribution is 6.10. The summed E-state index contributed by atoms with van der Waals surface area (Å²) in [7, 11) is 0. The number of fused-ring (bicyclic) bond motifs is 1. The van der Waals surface area contributed by atoms with Crippen molar-refractivity contribution in [2.75, 3.05) is 6.54 Å². The molecule has 0 radical (unpaired) electrons. The second kappa shape index (κ2) is 5.26. The minimum Gasteiger partial charge on any atom is -0.328 e. The van der Waals surface area contributed by atoms with E-state index < -0.39 is 5.54 Å². The third-order valence-corrected chi connectivity index (χ3v) is 5.10. The van der Waals surface area contributed by atoms with E-state index in [0.29, 0.717) is 24.4 Å². The van der Waals surface area contributed by atoms with Gasteiger partial charge in [-0.2, -0.15) is 0 Å². The van der Waals surface area contributed by atoms with Gasteiger partial charge < -0.3 is 5.73 Å². The fraction of sp³-hybridized carbons (Fsp3) is 0.529. The van der Waals surface area contributed by atoms with Gasteiger partial charge in [-0.3, -0.25) is 14.5 Å². The topological polar surface area (TPSA) is 63.4 Å². The fourth-order valence-electron chi connectivity index (χ4n) is 3.66. The van der Waals surface area contributed by atoms with Crippen molar-refractivity contribution in [2.45, 2.75) is 44.6 Å². The zero-order chi connectivity index (χ0) is 15.0. The molecular weight excluding hydrogens is 264 g/mol. The van der Waals surface area contributed by atoms with Crippen LogP contribution in [0.1, 0.15) is 48.5 Å². The molecule has 1 heterocycles. The van der Waals surface area contributed by atoms with Crippen molar-refractivity contribution in [3.05, 3.63) is 35.4 Å². The van der Waals surface area contributed by atoms with Crippen LogP contribution in [0, 0.1) is 5.92 Å². The van der Waals surface area contributed by atoms with E-state index in [1.807, 2.05) is 24.3 Å². The molecule has 0 spiro atoms. The summed E-state index contributed by atoms with van der Waals surface area (Å²) in [4.78, 5) is 26.9. The van der Waals surface area contributed by atoms with E-state index in [1.165, 1.54) is 4.90 Å². The minimum atomic E-state index is -0.478. The van der Waals surface area contributed by atoms with Crippen LogP contribution in [0.2, 0.25) is 0 Å². The molecule has 1 aliphatic heterocycles. The van der Waals surface area contributed by atoms with Crippen LogP contribution in [0.5, 0.6) is 0 Å². The summed E-state index contributed by atoms with van der Waals surface area (Å²) in [6, 6.07) is 7.39. The Morgan fingerprint density at radius 3 is 2.57 bits per heavy atom. The Morgan fingerprint density at radius 1 is 1.24 bits per heavy atom. The molecule has 112 valence electrons. The fourth-order valence-corrected chi connectivity index (χ4v) is 3.66. The maximum atomic E-state index is 12.8. The number of carbonyl (C=O) groups excluding carboxylic acids is 2. The van der Waals surface area contributed by atoms with Crippen molar-refractivity contribution in [1.82, 2.24) is 4.90 Å². The summed E-state index contributed by atoms with van der Waals surface area (Å²) in [6.07, 6.45) is 4.00. The molecule has 4 nitrogen and oxygen atoms in total. The highest BCUT2D eigenvalue weighted by Crippen LogP contribution is 2.38. The van der Waals surface area contributed by atoms with Crippen molar-refractivity contribution in [2.24, 2.45) is 11.7 Å². The van der Waals surface area contributed by atoms with Crippen molar-refractivity contribution >= 4 is 11.8 Å². The average molecular weight is 286 g/mol. The second-order valence-electron chi connectivity index (χ2n) is 6.48. The lowest BCUT2D eigenvalue weighted by molar-refractivity contribution is -0.134. The maximum absolute atomic E-state index is 12.8. The number of nitrogens with two attached hydrogens (primary N) is 1. The van der Waals surface area contributed by atoms with Crippen LogP contribution in [-0.4, -0.2) is 28.8 Å². The van der Waals surface area contributed by atoms with Crippen molar-refractivity contribution < 1.29 is 9.59 Å². The van der Waals surface area contributed by atoms with Gasteiger partial charge in [-0.25, -0.2) is 0 Å². The van der Waals surface area contributed by atoms with Crippen molar-refractivity contribution in [3.63, 3.8) is 0 Å². The van der Waals surface area contributed by atoms with E-state index >= 15 is 0 Å². The van der Waals surface area contributed by atoms with E-state index in [1.54, 1.807) is 0 Å². The maximum Gasteiger partial charge on any atom is 0.261 e. The zero-order valence-corrected chi connectivity index (χ0v) is 12.5. The molecule has 1 aromatic carbocycles. The Kier molecular flexibility index (Phi) is 3.57. The first-order valence-corrected chi connectivity index (χ1v) is 7.73. The van der Waals surface area contributed by atoms with Crippen LogP contribution in [0.25, 0.3) is 0 Å². The number of hydrogen-bond acceptors (Lipinski definition) is 3. The average Bonchev–Trinajstić information content (AvgIpc) is 2.49. The number of hydrogen-bond donors (Lipinski definition) is 1. The summed E-state index contributed by atoms with van der Waals surface area (Å²) < 4.78 is 0. The molecule has 1 fully saturated rings. The largest absolute Gasteiger partial charge is 0.328 e. The molecule has 1 aromatic rings. The quantitative estimate of drug-likeness (QED) is 0.847. The van der Waals surface area contributed by atoms with Crippen LogP contribution in [0.4, 0.5) is 0 Å². The number of rotatable bonds is 2. The van der Waals surface area contributed by atoms with Crippen LogP contribution >= 0.6 is 0 Å². The molecule has 0 bridgehead atoms. The van der Waals surface area contributed by atoms with E-state index in [4.69, 9.17) is 5.73 Å². The minimum absolute atomic E-state index is 0.0984. The molecule has 0 saturated heterocycles. The number of nitrogens with zero attached hydrogens (tertiary/aromatic N) is 1. The summed E-state index contributed by atoms with van der Waals surface area (Å²) in [6.45, 7) is 2.58. The lowest BCUT2D eigenvalue weighted by Crippen LogP contribution is -2.61. The van der Waals surface area contributed by atoms with Crippen LogP contribution in [0.3, 0.4) is 0 Å². The van der Waals surface area contributed by atoms with Gasteiger partial charge in [0, 0.05) is 12.1 Å². The number of benzene rings is 1. The Balaban J connectivity index is 1.98. The van der Waals surface area contributed by atoms with Gasteiger partial charge in [-0.1, -0.05) is 25.1 Å². The Bertz CT molecular complexity index is 574. The Hall–Kier alpha value is -1.68. The molecule has 3 rings (SSSR count). The molecule has 0 aromatic heterocycles. The van der Waals surface area contributed by atoms with Gasteiger partial charge in [0.25, 0.3) is 5.91 Å². The third-order valence-electron chi connectivity index (χ3n) is 5.10. The van der Waals surface area contributed by atoms with Crippen LogP contribution < -0.4 is 5.73 Å². The zero-order valence-electron chi connectivity index (χ0n) is 12.5. The third kappa shape index (κ3) is 2.27. The molecule has 2 amide bonds. The molecule has 1 aliphatic carbocycles. The number of amides is 2. The monoisotopic (exact) mass is 286 g/mol. The van der Waals surface area contributed by atoms with Crippen LogP contribution in [-0.2, 0) is 11.2 Å². The SMILES string of the molecule is CC1CCC(CN)(N2C(=O)Cc3ccccc3C2=O)CC1. The number of imide groups is 1. The van der Waals surface area contributed by atoms with Gasteiger partial charge in [-0.05, 0) is 43.2 Å². The second-order valence-corrected chi connectivity index (χ2v) is 6.48. The van der Waals surface area contributed by atoms with Gasteiger partial charge in [0.1, 0.15) is 0 Å². The van der Waals surface area contributed by atoms with Gasteiger partial charge in [0.2, 0.25) is 5.91 Å². The first-order valence-electron chi connectivity index (χ1n) is 7.73. The highest BCUT2D eigenvalue weighted by atomic mass is 16.2. The summed E-state index contributed by atoms with van der Waals surface area (Å²) in [5.74, 6) is 0.382. The van der Waals surface area contributed by atoms with Crippen molar-refractivity contribution in [1.29, 1.82) is 0 Å². The lowest BCUT2D eigenvalue weighted by Gasteiger charge is -2.47. The van der Waals surface area contributed by atoms with Crippen molar-refractivity contribution in [3.8, 4) is 0 Å². The lowest BCUT2D eigenvalue weighted by atomic mass is 9.75. The Labute approximate surface area is 125 Å². The molecule has 2 aliphatic rings. The molecule has 1 saturated carbocycles. The predicted molar refractivity (Wildman–Crippen MR) is 80.7 cm³/mol. The first kappa shape index (κ1) is 14.3. The molecule has 0 unspecified atom stereocenters. The smallest absolute Gasteiger partial charge is 0.261 e. The summed E-state index contributed by atoms with van der Waals surface area (Å²) in [5.41, 5.74) is 7.02. The van der Waals surface area contributed by atoms with Gasteiger partial charge in [0.05, 0.1) is 12.0 Å². The Morgan fingerprint density at radius 2 is 1.90 bits per heavy atom. The summed E-state index contributed by atoms with van der Waals surface area (Å²) >= 11 is 0. The normalized spacial score (nSPS) is 29.4. The first-order chi connectivity index (χ1) is 10.1. The predicted octanol–water partition coefficient (Wildman–Crippen LogP) is 2.12. The highest BCUT2D eigenvalue weighted by Gasteiger charge is 2.46. The van der Waals surface area contributed by atoms with E-state index in [0.717, 1.165) is 31.2 Å². The van der Waals surface area contributed by atoms with E-state index in [9.17, 15) is 9.59 Å². The van der Waals surface area contributed by atoms with E-state index in [2.05, 4.69) is 6.92 Å². The summed E-state index contributed by atoms with van der Waals surface area (Å²) in [5, 5.41) is 0. The molecule has 4 heteroatoms. The molecular formula is C17H22N2O2.